The fraction of sp³-hybridized carbons (Fsp3) is 0.136. The van der Waals surface area contributed by atoms with Gasteiger partial charge in [0.2, 0.25) is 11.8 Å². The first kappa shape index (κ1) is 21.3. The summed E-state index contributed by atoms with van der Waals surface area (Å²) in [5.41, 5.74) is 2.22. The van der Waals surface area contributed by atoms with Crippen LogP contribution in [0.2, 0.25) is 0 Å². The van der Waals surface area contributed by atoms with Crippen LogP contribution in [-0.2, 0) is 9.59 Å². The number of amides is 2. The molecular weight excluding hydrogens is 408 g/mol. The molecule has 0 spiro atoms. The molecule has 5 nitrogen and oxygen atoms in total. The number of halogens is 2. The van der Waals surface area contributed by atoms with Gasteiger partial charge < -0.3 is 5.32 Å². The summed E-state index contributed by atoms with van der Waals surface area (Å²) in [5, 5.41) is 7.56. The summed E-state index contributed by atoms with van der Waals surface area (Å²) in [4.78, 5) is 27.6. The summed E-state index contributed by atoms with van der Waals surface area (Å²) in [6.07, 6.45) is 2.14. The van der Waals surface area contributed by atoms with E-state index in [1.54, 1.807) is 5.38 Å². The van der Waals surface area contributed by atoms with E-state index in [-0.39, 0.29) is 17.5 Å². The average Bonchev–Trinajstić information content (AvgIpc) is 3.15. The molecule has 2 aromatic carbocycles. The molecule has 8 heteroatoms. The molecule has 0 saturated heterocycles. The molecule has 1 heterocycles. The molecule has 2 amide bonds. The summed E-state index contributed by atoms with van der Waals surface area (Å²) >= 11 is 1.24. The number of anilines is 1. The van der Waals surface area contributed by atoms with E-state index in [0.717, 1.165) is 35.4 Å². The zero-order chi connectivity index (χ0) is 21.7. The lowest BCUT2D eigenvalue weighted by molar-refractivity contribution is -0.119. The van der Waals surface area contributed by atoms with Crippen LogP contribution in [0.4, 0.5) is 13.9 Å². The smallest absolute Gasteiger partial charge is 0.250 e. The van der Waals surface area contributed by atoms with Crippen LogP contribution in [0.5, 0.6) is 0 Å². The van der Waals surface area contributed by atoms with Gasteiger partial charge in [-0.05, 0) is 30.7 Å². The highest BCUT2D eigenvalue weighted by molar-refractivity contribution is 7.14. The summed E-state index contributed by atoms with van der Waals surface area (Å²) in [6.45, 7) is 3.37. The quantitative estimate of drug-likeness (QED) is 0.548. The first-order valence-electron chi connectivity index (χ1n) is 9.09. The Hall–Kier alpha value is -3.39. The molecule has 3 aromatic rings. The molecule has 0 aliphatic heterocycles. The largest absolute Gasteiger partial charge is 0.350 e. The second-order valence-corrected chi connectivity index (χ2v) is 7.40. The van der Waals surface area contributed by atoms with Crippen molar-refractivity contribution >= 4 is 34.4 Å². The number of hydrogen-bond acceptors (Lipinski definition) is 4. The van der Waals surface area contributed by atoms with Crippen LogP contribution in [0.15, 0.2) is 53.9 Å². The molecule has 0 radical (unpaired) electrons. The minimum absolute atomic E-state index is 0.0988. The molecule has 0 saturated carbocycles. The van der Waals surface area contributed by atoms with Gasteiger partial charge in [-0.15, -0.1) is 11.3 Å². The fourth-order valence-corrected chi connectivity index (χ4v) is 3.49. The van der Waals surface area contributed by atoms with Crippen molar-refractivity contribution in [1.29, 1.82) is 0 Å². The van der Waals surface area contributed by atoms with Crippen molar-refractivity contribution in [2.45, 2.75) is 19.9 Å². The van der Waals surface area contributed by atoms with E-state index in [9.17, 15) is 18.4 Å². The number of carbonyl (C=O) groups excluding carboxylic acids is 2. The van der Waals surface area contributed by atoms with Gasteiger partial charge in [-0.2, -0.15) is 0 Å². The van der Waals surface area contributed by atoms with Crippen molar-refractivity contribution in [2.24, 2.45) is 0 Å². The number of aromatic nitrogens is 1. The van der Waals surface area contributed by atoms with Gasteiger partial charge in [0.15, 0.2) is 5.13 Å². The summed E-state index contributed by atoms with van der Waals surface area (Å²) in [6, 6.07) is 11.0. The van der Waals surface area contributed by atoms with E-state index in [1.165, 1.54) is 24.3 Å². The Morgan fingerprint density at radius 2 is 1.77 bits per heavy atom. The van der Waals surface area contributed by atoms with E-state index in [2.05, 4.69) is 15.6 Å². The Balaban J connectivity index is 1.65. The van der Waals surface area contributed by atoms with Crippen molar-refractivity contribution < 1.29 is 18.4 Å². The monoisotopic (exact) mass is 427 g/mol. The second-order valence-electron chi connectivity index (χ2n) is 6.54. The van der Waals surface area contributed by atoms with Crippen LogP contribution >= 0.6 is 11.3 Å². The lowest BCUT2D eigenvalue weighted by Gasteiger charge is -2.12. The highest BCUT2D eigenvalue weighted by Crippen LogP contribution is 2.26. The molecule has 1 unspecified atom stereocenters. The first-order chi connectivity index (χ1) is 14.3. The Morgan fingerprint density at radius 1 is 1.10 bits per heavy atom. The maximum Gasteiger partial charge on any atom is 0.250 e. The van der Waals surface area contributed by atoms with Gasteiger partial charge in [0.1, 0.15) is 11.6 Å². The maximum atomic E-state index is 13.6. The molecule has 154 valence electrons. The van der Waals surface area contributed by atoms with E-state index < -0.39 is 17.5 Å². The third-order valence-corrected chi connectivity index (χ3v) is 5.02. The van der Waals surface area contributed by atoms with E-state index in [4.69, 9.17) is 0 Å². The van der Waals surface area contributed by atoms with Crippen molar-refractivity contribution in [1.82, 2.24) is 10.3 Å². The van der Waals surface area contributed by atoms with Gasteiger partial charge >= 0.3 is 0 Å². The topological polar surface area (TPSA) is 71.1 Å². The maximum absolute atomic E-state index is 13.6. The molecule has 2 N–H and O–H groups in total. The molecule has 1 aromatic heterocycles. The Kier molecular flexibility index (Phi) is 6.68. The molecule has 30 heavy (non-hydrogen) atoms. The number of nitrogens with one attached hydrogen (secondary N) is 2. The Morgan fingerprint density at radius 3 is 2.40 bits per heavy atom. The third kappa shape index (κ3) is 5.36. The van der Waals surface area contributed by atoms with Gasteiger partial charge in [-0.25, -0.2) is 13.8 Å². The first-order valence-corrected chi connectivity index (χ1v) is 9.97. The highest BCUT2D eigenvalue weighted by Gasteiger charge is 2.10. The highest BCUT2D eigenvalue weighted by atomic mass is 32.1. The Labute approximate surface area is 176 Å². The van der Waals surface area contributed by atoms with Crippen molar-refractivity contribution in [3.8, 4) is 11.3 Å². The molecule has 0 fully saturated rings. The number of thiazole rings is 1. The molecule has 1 atom stereocenters. The van der Waals surface area contributed by atoms with E-state index >= 15 is 0 Å². The molecule has 0 bridgehead atoms. The summed E-state index contributed by atoms with van der Waals surface area (Å²) in [7, 11) is 0. The molecule has 0 aliphatic rings. The predicted octanol–water partition coefficient (Wildman–Crippen LogP) is 4.94. The molecular formula is C22H19F2N3O2S. The Bertz CT molecular complexity index is 1070. The van der Waals surface area contributed by atoms with E-state index in [0.29, 0.717) is 10.8 Å². The SMILES string of the molecule is CC(=O)NC(C)c1ccc(-c2csc(NC(=O)C=Cc3c(F)cccc3F)n2)cc1. The lowest BCUT2D eigenvalue weighted by atomic mass is 10.1. The minimum Gasteiger partial charge on any atom is -0.350 e. The van der Waals surface area contributed by atoms with Crippen LogP contribution in [0.1, 0.15) is 31.0 Å². The van der Waals surface area contributed by atoms with Crippen LogP contribution in [0, 0.1) is 11.6 Å². The zero-order valence-electron chi connectivity index (χ0n) is 16.3. The van der Waals surface area contributed by atoms with Gasteiger partial charge in [0.05, 0.1) is 11.7 Å². The third-order valence-electron chi connectivity index (χ3n) is 4.26. The number of nitrogens with zero attached hydrogens (tertiary/aromatic N) is 1. The van der Waals surface area contributed by atoms with Crippen LogP contribution in [-0.4, -0.2) is 16.8 Å². The number of carbonyl (C=O) groups is 2. The fourth-order valence-electron chi connectivity index (χ4n) is 2.77. The second kappa shape index (κ2) is 9.41. The van der Waals surface area contributed by atoms with Gasteiger partial charge in [-0.3, -0.25) is 14.9 Å². The number of hydrogen-bond donors (Lipinski definition) is 2. The molecule has 3 rings (SSSR count). The van der Waals surface area contributed by atoms with Gasteiger partial charge in [0.25, 0.3) is 0 Å². The zero-order valence-corrected chi connectivity index (χ0v) is 17.1. The van der Waals surface area contributed by atoms with Crippen LogP contribution < -0.4 is 10.6 Å². The predicted molar refractivity (Wildman–Crippen MR) is 114 cm³/mol. The van der Waals surface area contributed by atoms with Crippen LogP contribution in [0.3, 0.4) is 0 Å². The van der Waals surface area contributed by atoms with Crippen molar-refractivity contribution in [2.75, 3.05) is 5.32 Å². The van der Waals surface area contributed by atoms with Gasteiger partial charge in [0, 0.05) is 29.5 Å². The van der Waals surface area contributed by atoms with Crippen molar-refractivity contribution in [3.63, 3.8) is 0 Å². The number of benzene rings is 2. The van der Waals surface area contributed by atoms with Crippen LogP contribution in [0.25, 0.3) is 17.3 Å². The van der Waals surface area contributed by atoms with Crippen molar-refractivity contribution in [3.05, 3.63) is 76.7 Å². The normalized spacial score (nSPS) is 12.0. The lowest BCUT2D eigenvalue weighted by Crippen LogP contribution is -2.23. The summed E-state index contributed by atoms with van der Waals surface area (Å²) in [5.74, 6) is -2.13. The average molecular weight is 427 g/mol. The number of rotatable bonds is 6. The standard InChI is InChI=1S/C22H19F2N3O2S/c1-13(25-14(2)28)15-6-8-16(9-7-15)20-12-30-22(26-20)27-21(29)11-10-17-18(23)4-3-5-19(17)24/h3-13H,1-2H3,(H,25,28)(H,26,27,29). The minimum atomic E-state index is -0.744. The summed E-state index contributed by atoms with van der Waals surface area (Å²) < 4.78 is 27.2. The van der Waals surface area contributed by atoms with E-state index in [1.807, 2.05) is 31.2 Å². The van der Waals surface area contributed by atoms with Gasteiger partial charge in [-0.1, -0.05) is 30.3 Å². The molecule has 0 aliphatic carbocycles.